The largest absolute Gasteiger partial charge is 0.506 e. The Kier molecular flexibility index (Phi) is 5.35. The van der Waals surface area contributed by atoms with E-state index in [0.29, 0.717) is 12.8 Å². The van der Waals surface area contributed by atoms with Crippen LogP contribution in [-0.2, 0) is 16.0 Å². The van der Waals surface area contributed by atoms with Gasteiger partial charge in [-0.1, -0.05) is 36.4 Å². The molecular weight excluding hydrogens is 358 g/mol. The Morgan fingerprint density at radius 3 is 2.57 bits per heavy atom. The van der Waals surface area contributed by atoms with Crippen molar-refractivity contribution >= 4 is 23.5 Å². The molecule has 1 aliphatic heterocycles. The number of aryl methyl sites for hydroxylation is 2. The van der Waals surface area contributed by atoms with Gasteiger partial charge >= 0.3 is 6.03 Å². The third-order valence-corrected chi connectivity index (χ3v) is 4.83. The maximum Gasteiger partial charge on any atom is 0.325 e. The molecule has 1 fully saturated rings. The van der Waals surface area contributed by atoms with Gasteiger partial charge in [0.15, 0.2) is 0 Å². The predicted octanol–water partition coefficient (Wildman–Crippen LogP) is 2.58. The maximum atomic E-state index is 12.8. The number of benzene rings is 2. The fraction of sp³-hybridized carbons (Fsp3) is 0.286. The van der Waals surface area contributed by atoms with E-state index in [4.69, 9.17) is 0 Å². The maximum absolute atomic E-state index is 12.8. The summed E-state index contributed by atoms with van der Waals surface area (Å²) >= 11 is 0. The summed E-state index contributed by atoms with van der Waals surface area (Å²) in [6.07, 6.45) is 1.05. The fourth-order valence-corrected chi connectivity index (χ4v) is 3.18. The molecule has 1 heterocycles. The van der Waals surface area contributed by atoms with Gasteiger partial charge in [0, 0.05) is 0 Å². The lowest BCUT2D eigenvalue weighted by Crippen LogP contribution is -2.45. The topological polar surface area (TPSA) is 98.7 Å². The molecule has 0 aromatic heterocycles. The number of phenols is 1. The van der Waals surface area contributed by atoms with Gasteiger partial charge < -0.3 is 15.7 Å². The molecule has 1 saturated heterocycles. The smallest absolute Gasteiger partial charge is 0.325 e. The first-order chi connectivity index (χ1) is 13.3. The minimum Gasteiger partial charge on any atom is -0.506 e. The summed E-state index contributed by atoms with van der Waals surface area (Å²) in [5, 5.41) is 15.1. The van der Waals surface area contributed by atoms with Gasteiger partial charge in [0.25, 0.3) is 5.91 Å². The lowest BCUT2D eigenvalue weighted by atomic mass is 9.93. The molecule has 28 heavy (non-hydrogen) atoms. The summed E-state index contributed by atoms with van der Waals surface area (Å²) in [5.41, 5.74) is 1.09. The van der Waals surface area contributed by atoms with E-state index in [2.05, 4.69) is 10.6 Å². The average molecular weight is 381 g/mol. The number of phenolic OH excluding ortho intramolecular Hbond substituents is 1. The first-order valence-electron chi connectivity index (χ1n) is 9.06. The number of rotatable bonds is 6. The van der Waals surface area contributed by atoms with Gasteiger partial charge in [-0.25, -0.2) is 4.79 Å². The highest BCUT2D eigenvalue weighted by molar-refractivity contribution is 6.10. The zero-order valence-electron chi connectivity index (χ0n) is 15.9. The van der Waals surface area contributed by atoms with Crippen LogP contribution >= 0.6 is 0 Å². The predicted molar refractivity (Wildman–Crippen MR) is 105 cm³/mol. The standard InChI is InChI=1S/C21H23N3O4/c1-14-8-9-16(17(25)12-14)22-18(26)13-24-19(27)21(2,23-20(24)28)11-10-15-6-4-3-5-7-15/h3-9,12,25H,10-11,13H2,1-2H3,(H,22,26)(H,23,28)/t21-/m1/s1. The Morgan fingerprint density at radius 1 is 1.18 bits per heavy atom. The van der Waals surface area contributed by atoms with Gasteiger partial charge in [-0.3, -0.25) is 14.5 Å². The molecule has 2 aromatic rings. The molecule has 3 N–H and O–H groups in total. The molecule has 2 aromatic carbocycles. The van der Waals surface area contributed by atoms with Crippen LogP contribution in [0.1, 0.15) is 24.5 Å². The van der Waals surface area contributed by atoms with E-state index in [0.717, 1.165) is 16.0 Å². The van der Waals surface area contributed by atoms with Crippen molar-refractivity contribution < 1.29 is 19.5 Å². The molecule has 4 amide bonds. The number of hydrogen-bond donors (Lipinski definition) is 3. The summed E-state index contributed by atoms with van der Waals surface area (Å²) in [4.78, 5) is 38.2. The van der Waals surface area contributed by atoms with Crippen LogP contribution in [0.15, 0.2) is 48.5 Å². The van der Waals surface area contributed by atoms with Crippen molar-refractivity contribution in [2.75, 3.05) is 11.9 Å². The zero-order valence-corrected chi connectivity index (χ0v) is 15.9. The van der Waals surface area contributed by atoms with E-state index in [1.807, 2.05) is 37.3 Å². The Hall–Kier alpha value is -3.35. The van der Waals surface area contributed by atoms with Gasteiger partial charge in [0.2, 0.25) is 5.91 Å². The quantitative estimate of drug-likeness (QED) is 0.529. The fourth-order valence-electron chi connectivity index (χ4n) is 3.18. The molecule has 3 rings (SSSR count). The molecule has 7 heteroatoms. The Morgan fingerprint density at radius 2 is 1.89 bits per heavy atom. The Bertz CT molecular complexity index is 913. The molecular formula is C21H23N3O4. The SMILES string of the molecule is Cc1ccc(NC(=O)CN2C(=O)N[C@](C)(CCc3ccccc3)C2=O)c(O)c1. The number of urea groups is 1. The van der Waals surface area contributed by atoms with Gasteiger partial charge in [-0.2, -0.15) is 0 Å². The van der Waals surface area contributed by atoms with Crippen LogP contribution in [0.25, 0.3) is 0 Å². The van der Waals surface area contributed by atoms with E-state index in [1.165, 1.54) is 6.07 Å². The van der Waals surface area contributed by atoms with Crippen molar-refractivity contribution in [3.05, 3.63) is 59.7 Å². The van der Waals surface area contributed by atoms with Crippen LogP contribution in [0.5, 0.6) is 5.75 Å². The molecule has 7 nitrogen and oxygen atoms in total. The first-order valence-corrected chi connectivity index (χ1v) is 9.06. The van der Waals surface area contributed by atoms with Gasteiger partial charge in [0.05, 0.1) is 5.69 Å². The summed E-state index contributed by atoms with van der Waals surface area (Å²) in [6, 6.07) is 13.9. The van der Waals surface area contributed by atoms with Crippen LogP contribution in [-0.4, -0.2) is 39.9 Å². The number of carbonyl (C=O) groups excluding carboxylic acids is 3. The van der Waals surface area contributed by atoms with Crippen LogP contribution in [0.2, 0.25) is 0 Å². The first kappa shape index (κ1) is 19.4. The molecule has 0 unspecified atom stereocenters. The number of hydrogen-bond acceptors (Lipinski definition) is 4. The zero-order chi connectivity index (χ0) is 20.3. The molecule has 146 valence electrons. The highest BCUT2D eigenvalue weighted by Crippen LogP contribution is 2.25. The van der Waals surface area contributed by atoms with Crippen molar-refractivity contribution in [2.45, 2.75) is 32.2 Å². The van der Waals surface area contributed by atoms with E-state index < -0.39 is 29.9 Å². The number of anilines is 1. The number of aromatic hydroxyl groups is 1. The molecule has 0 spiro atoms. The van der Waals surface area contributed by atoms with E-state index in [-0.39, 0.29) is 11.4 Å². The van der Waals surface area contributed by atoms with Crippen molar-refractivity contribution in [3.8, 4) is 5.75 Å². The second-order valence-electron chi connectivity index (χ2n) is 7.21. The molecule has 0 radical (unpaired) electrons. The van der Waals surface area contributed by atoms with E-state index >= 15 is 0 Å². The molecule has 1 aliphatic rings. The minimum absolute atomic E-state index is 0.0711. The second-order valence-corrected chi connectivity index (χ2v) is 7.21. The van der Waals surface area contributed by atoms with Gasteiger partial charge in [-0.05, 0) is 49.9 Å². The lowest BCUT2D eigenvalue weighted by molar-refractivity contribution is -0.133. The van der Waals surface area contributed by atoms with Crippen LogP contribution in [0.3, 0.4) is 0 Å². The highest BCUT2D eigenvalue weighted by Gasteiger charge is 2.47. The summed E-state index contributed by atoms with van der Waals surface area (Å²) in [7, 11) is 0. The third kappa shape index (κ3) is 4.14. The number of nitrogens with zero attached hydrogens (tertiary/aromatic N) is 1. The molecule has 1 atom stereocenters. The summed E-state index contributed by atoms with van der Waals surface area (Å²) in [5.74, 6) is -1.06. The van der Waals surface area contributed by atoms with Crippen molar-refractivity contribution in [1.82, 2.24) is 10.2 Å². The van der Waals surface area contributed by atoms with Crippen molar-refractivity contribution in [2.24, 2.45) is 0 Å². The van der Waals surface area contributed by atoms with Gasteiger partial charge in [-0.15, -0.1) is 0 Å². The molecule has 0 aliphatic carbocycles. The third-order valence-electron chi connectivity index (χ3n) is 4.83. The number of amides is 4. The number of carbonyl (C=O) groups is 3. The van der Waals surface area contributed by atoms with Crippen LogP contribution in [0, 0.1) is 6.92 Å². The second kappa shape index (κ2) is 7.72. The van der Waals surface area contributed by atoms with E-state index in [9.17, 15) is 19.5 Å². The molecule has 0 bridgehead atoms. The Labute approximate surface area is 163 Å². The normalized spacial score (nSPS) is 18.9. The number of nitrogens with one attached hydrogen (secondary N) is 2. The molecule has 0 saturated carbocycles. The van der Waals surface area contributed by atoms with Crippen LogP contribution < -0.4 is 10.6 Å². The van der Waals surface area contributed by atoms with E-state index in [1.54, 1.807) is 19.1 Å². The monoisotopic (exact) mass is 381 g/mol. The minimum atomic E-state index is -1.06. The number of imide groups is 1. The summed E-state index contributed by atoms with van der Waals surface area (Å²) in [6.45, 7) is 3.06. The van der Waals surface area contributed by atoms with Crippen molar-refractivity contribution in [3.63, 3.8) is 0 Å². The lowest BCUT2D eigenvalue weighted by Gasteiger charge is -2.21. The average Bonchev–Trinajstić information content (AvgIpc) is 2.87. The van der Waals surface area contributed by atoms with Crippen molar-refractivity contribution in [1.29, 1.82) is 0 Å². The Balaban J connectivity index is 1.63. The van der Waals surface area contributed by atoms with Crippen LogP contribution in [0.4, 0.5) is 10.5 Å². The summed E-state index contributed by atoms with van der Waals surface area (Å²) < 4.78 is 0. The van der Waals surface area contributed by atoms with Gasteiger partial charge in [0.1, 0.15) is 17.8 Å². The highest BCUT2D eigenvalue weighted by atomic mass is 16.3.